The maximum Gasteiger partial charge on any atom is 0.261 e. The van der Waals surface area contributed by atoms with Gasteiger partial charge in [0.05, 0.1) is 16.3 Å². The molecule has 1 aliphatic heterocycles. The highest BCUT2D eigenvalue weighted by Crippen LogP contribution is 2.30. The molecular weight excluding hydrogens is 455 g/mol. The Kier molecular flexibility index (Phi) is 7.14. The zero-order valence-electron chi connectivity index (χ0n) is 18.9. The van der Waals surface area contributed by atoms with Crippen LogP contribution in [-0.4, -0.2) is 52.5 Å². The monoisotopic (exact) mass is 482 g/mol. The highest BCUT2D eigenvalue weighted by atomic mass is 32.2. The van der Waals surface area contributed by atoms with E-state index in [2.05, 4.69) is 14.9 Å². The lowest BCUT2D eigenvalue weighted by Gasteiger charge is -2.31. The van der Waals surface area contributed by atoms with Crippen LogP contribution >= 0.6 is 0 Å². The molecule has 7 nitrogen and oxygen atoms in total. The molecule has 1 fully saturated rings. The Morgan fingerprint density at radius 3 is 2.38 bits per heavy atom. The number of carbonyl (C=O) groups excluding carboxylic acids is 1. The van der Waals surface area contributed by atoms with Gasteiger partial charge in [0.2, 0.25) is 0 Å². The number of hydrogen-bond donors (Lipinski definition) is 2. The van der Waals surface area contributed by atoms with Crippen LogP contribution in [0.4, 0.5) is 15.8 Å². The molecule has 1 saturated heterocycles. The number of nitrogens with zero attached hydrogens (tertiary/aromatic N) is 2. The minimum absolute atomic E-state index is 0.0573. The van der Waals surface area contributed by atoms with Crippen LogP contribution in [0.25, 0.3) is 0 Å². The second-order valence-electron chi connectivity index (χ2n) is 8.18. The summed E-state index contributed by atoms with van der Waals surface area (Å²) in [5.74, 6) is -0.743. The van der Waals surface area contributed by atoms with Crippen LogP contribution in [0.3, 0.4) is 0 Å². The fourth-order valence-electron chi connectivity index (χ4n) is 3.90. The van der Waals surface area contributed by atoms with E-state index in [1.807, 2.05) is 30.3 Å². The number of carbonyl (C=O) groups is 1. The molecule has 1 amide bonds. The number of sulfonamides is 1. The Morgan fingerprint density at radius 1 is 1.03 bits per heavy atom. The van der Waals surface area contributed by atoms with E-state index in [1.165, 1.54) is 12.1 Å². The van der Waals surface area contributed by atoms with E-state index >= 15 is 0 Å². The van der Waals surface area contributed by atoms with Crippen molar-refractivity contribution in [2.45, 2.75) is 11.4 Å². The lowest BCUT2D eigenvalue weighted by atomic mass is 10.1. The standard InChI is InChI=1S/C25H27FN4O3S/c1-29(18-19-5-3-2-4-6-19)25(31)20-7-12-24(30-15-13-27-14-16-30)23(17-20)28-34(32,33)22-10-8-21(26)9-11-22/h2-12,17,27-28H,13-16,18H2,1H3. The number of piperazine rings is 1. The minimum Gasteiger partial charge on any atom is -0.367 e. The van der Waals surface area contributed by atoms with Crippen LogP contribution in [0.1, 0.15) is 15.9 Å². The van der Waals surface area contributed by atoms with E-state index in [1.54, 1.807) is 30.1 Å². The smallest absolute Gasteiger partial charge is 0.261 e. The van der Waals surface area contributed by atoms with Crippen molar-refractivity contribution in [1.29, 1.82) is 0 Å². The van der Waals surface area contributed by atoms with E-state index in [-0.39, 0.29) is 10.8 Å². The summed E-state index contributed by atoms with van der Waals surface area (Å²) in [6.07, 6.45) is 0. The second-order valence-corrected chi connectivity index (χ2v) is 9.86. The van der Waals surface area contributed by atoms with E-state index in [9.17, 15) is 17.6 Å². The molecule has 0 bridgehead atoms. The summed E-state index contributed by atoms with van der Waals surface area (Å²) in [6, 6.07) is 19.3. The fraction of sp³-hybridized carbons (Fsp3) is 0.240. The van der Waals surface area contributed by atoms with E-state index in [4.69, 9.17) is 0 Å². The molecule has 178 valence electrons. The number of nitrogens with one attached hydrogen (secondary N) is 2. The second kappa shape index (κ2) is 10.2. The van der Waals surface area contributed by atoms with Crippen molar-refractivity contribution < 1.29 is 17.6 Å². The van der Waals surface area contributed by atoms with Gasteiger partial charge in [-0.05, 0) is 48.0 Å². The molecule has 0 aliphatic carbocycles. The summed E-state index contributed by atoms with van der Waals surface area (Å²) in [5, 5.41) is 3.27. The molecule has 1 heterocycles. The van der Waals surface area contributed by atoms with Crippen molar-refractivity contribution in [2.24, 2.45) is 0 Å². The number of halogens is 1. The van der Waals surface area contributed by atoms with E-state index in [0.717, 1.165) is 30.8 Å². The van der Waals surface area contributed by atoms with Crippen LogP contribution < -0.4 is 14.9 Å². The van der Waals surface area contributed by atoms with Gasteiger partial charge in [-0.1, -0.05) is 30.3 Å². The maximum absolute atomic E-state index is 13.3. The van der Waals surface area contributed by atoms with Crippen molar-refractivity contribution in [3.63, 3.8) is 0 Å². The van der Waals surface area contributed by atoms with Gasteiger partial charge in [0.15, 0.2) is 0 Å². The summed E-state index contributed by atoms with van der Waals surface area (Å²) in [6.45, 7) is 3.37. The molecule has 34 heavy (non-hydrogen) atoms. The van der Waals surface area contributed by atoms with Gasteiger partial charge in [0.1, 0.15) is 5.82 Å². The number of rotatable bonds is 7. The van der Waals surface area contributed by atoms with Crippen LogP contribution in [-0.2, 0) is 16.6 Å². The molecule has 1 aliphatic rings. The molecular formula is C25H27FN4O3S. The predicted molar refractivity (Wildman–Crippen MR) is 131 cm³/mol. The quantitative estimate of drug-likeness (QED) is 0.540. The average Bonchev–Trinajstić information content (AvgIpc) is 2.84. The highest BCUT2D eigenvalue weighted by Gasteiger charge is 2.22. The van der Waals surface area contributed by atoms with Gasteiger partial charge in [0.25, 0.3) is 15.9 Å². The Bertz CT molecular complexity index is 1240. The molecule has 0 unspecified atom stereocenters. The Hall–Kier alpha value is -3.43. The third-order valence-corrected chi connectivity index (χ3v) is 7.06. The zero-order chi connectivity index (χ0) is 24.1. The van der Waals surface area contributed by atoms with Crippen LogP contribution in [0.15, 0.2) is 77.7 Å². The van der Waals surface area contributed by atoms with Gasteiger partial charge in [0, 0.05) is 45.3 Å². The van der Waals surface area contributed by atoms with Crippen molar-refractivity contribution in [2.75, 3.05) is 42.8 Å². The first-order valence-electron chi connectivity index (χ1n) is 11.0. The van der Waals surface area contributed by atoms with Gasteiger partial charge in [-0.3, -0.25) is 9.52 Å². The first-order valence-corrected chi connectivity index (χ1v) is 12.5. The third-order valence-electron chi connectivity index (χ3n) is 5.68. The SMILES string of the molecule is CN(Cc1ccccc1)C(=O)c1ccc(N2CCNCC2)c(NS(=O)(=O)c2ccc(F)cc2)c1. The summed E-state index contributed by atoms with van der Waals surface area (Å²) in [5.41, 5.74) is 2.36. The van der Waals surface area contributed by atoms with Gasteiger partial charge in [-0.2, -0.15) is 0 Å². The van der Waals surface area contributed by atoms with Crippen molar-refractivity contribution in [1.82, 2.24) is 10.2 Å². The summed E-state index contributed by atoms with van der Waals surface area (Å²) >= 11 is 0. The van der Waals surface area contributed by atoms with Gasteiger partial charge in [-0.15, -0.1) is 0 Å². The molecule has 0 radical (unpaired) electrons. The number of hydrogen-bond acceptors (Lipinski definition) is 5. The number of benzene rings is 3. The van der Waals surface area contributed by atoms with Gasteiger partial charge < -0.3 is 15.1 Å². The zero-order valence-corrected chi connectivity index (χ0v) is 19.7. The van der Waals surface area contributed by atoms with Crippen molar-refractivity contribution in [3.8, 4) is 0 Å². The lowest BCUT2D eigenvalue weighted by molar-refractivity contribution is 0.0785. The molecule has 3 aromatic rings. The van der Waals surface area contributed by atoms with Gasteiger partial charge in [-0.25, -0.2) is 12.8 Å². The largest absolute Gasteiger partial charge is 0.367 e. The highest BCUT2D eigenvalue weighted by molar-refractivity contribution is 7.92. The summed E-state index contributed by atoms with van der Waals surface area (Å²) < 4.78 is 42.0. The van der Waals surface area contributed by atoms with E-state index in [0.29, 0.717) is 36.6 Å². The number of amides is 1. The van der Waals surface area contributed by atoms with Crippen molar-refractivity contribution in [3.05, 3.63) is 89.7 Å². The summed E-state index contributed by atoms with van der Waals surface area (Å²) in [7, 11) is -2.28. The minimum atomic E-state index is -3.99. The van der Waals surface area contributed by atoms with Crippen LogP contribution in [0, 0.1) is 5.82 Å². The molecule has 2 N–H and O–H groups in total. The molecule has 0 aromatic heterocycles. The van der Waals surface area contributed by atoms with Crippen molar-refractivity contribution >= 4 is 27.3 Å². The lowest BCUT2D eigenvalue weighted by Crippen LogP contribution is -2.43. The molecule has 0 saturated carbocycles. The van der Waals surface area contributed by atoms with E-state index < -0.39 is 15.8 Å². The molecule has 9 heteroatoms. The Labute approximate surface area is 199 Å². The molecule has 0 atom stereocenters. The molecule has 3 aromatic carbocycles. The van der Waals surface area contributed by atoms with Gasteiger partial charge >= 0.3 is 0 Å². The Morgan fingerprint density at radius 2 is 1.71 bits per heavy atom. The topological polar surface area (TPSA) is 81.8 Å². The first kappa shape index (κ1) is 23.7. The fourth-order valence-corrected chi connectivity index (χ4v) is 4.96. The predicted octanol–water partition coefficient (Wildman–Crippen LogP) is 3.31. The summed E-state index contributed by atoms with van der Waals surface area (Å²) in [4.78, 5) is 16.7. The molecule has 0 spiro atoms. The third kappa shape index (κ3) is 5.55. The Balaban J connectivity index is 1.65. The molecule has 4 rings (SSSR count). The number of anilines is 2. The maximum atomic E-state index is 13.3. The average molecular weight is 483 g/mol. The van der Waals surface area contributed by atoms with Crippen LogP contribution in [0.2, 0.25) is 0 Å². The first-order chi connectivity index (χ1) is 16.3. The normalized spacial score (nSPS) is 14.0. The van der Waals surface area contributed by atoms with Crippen LogP contribution in [0.5, 0.6) is 0 Å².